The van der Waals surface area contributed by atoms with Gasteiger partial charge < -0.3 is 19.7 Å². The second kappa shape index (κ2) is 6.02. The summed E-state index contributed by atoms with van der Waals surface area (Å²) < 4.78 is 10.4. The number of benzene rings is 2. The smallest absolute Gasteiger partial charge is 0.123 e. The number of hydrogen-bond acceptors (Lipinski definition) is 4. The predicted octanol–water partition coefficient (Wildman–Crippen LogP) is 3.29. The fraction of sp³-hybridized carbons (Fsp3) is 0.125. The summed E-state index contributed by atoms with van der Waals surface area (Å²) in [4.78, 5) is 0. The Morgan fingerprint density at radius 3 is 1.60 bits per heavy atom. The number of rotatable bonds is 4. The van der Waals surface area contributed by atoms with Gasteiger partial charge >= 0.3 is 0 Å². The Labute approximate surface area is 117 Å². The second-order valence-corrected chi connectivity index (χ2v) is 4.26. The molecule has 0 saturated heterocycles. The van der Waals surface area contributed by atoms with E-state index in [1.807, 2.05) is 18.2 Å². The maximum absolute atomic E-state index is 9.42. The molecule has 0 saturated carbocycles. The third-order valence-electron chi connectivity index (χ3n) is 2.77. The summed E-state index contributed by atoms with van der Waals surface area (Å²) >= 11 is 0. The van der Waals surface area contributed by atoms with E-state index in [4.69, 9.17) is 9.47 Å². The van der Waals surface area contributed by atoms with E-state index in [9.17, 15) is 10.2 Å². The molecule has 104 valence electrons. The third kappa shape index (κ3) is 3.45. The van der Waals surface area contributed by atoms with E-state index < -0.39 is 0 Å². The lowest BCUT2D eigenvalue weighted by molar-refractivity contribution is 0.394. The minimum absolute atomic E-state index is 0.0212. The molecular weight excluding hydrogens is 256 g/mol. The molecule has 0 radical (unpaired) electrons. The normalized spacial score (nSPS) is 10.7. The molecule has 2 rings (SSSR count). The first-order valence-corrected chi connectivity index (χ1v) is 6.05. The Morgan fingerprint density at radius 1 is 0.700 bits per heavy atom. The summed E-state index contributed by atoms with van der Waals surface area (Å²) in [6.45, 7) is 0. The Kier molecular flexibility index (Phi) is 4.15. The first kappa shape index (κ1) is 13.8. The summed E-state index contributed by atoms with van der Waals surface area (Å²) in [5.74, 6) is 1.44. The number of ether oxygens (including phenoxy) is 2. The molecular formula is C16H16O4. The molecule has 0 spiro atoms. The summed E-state index contributed by atoms with van der Waals surface area (Å²) in [6.07, 6.45) is 3.63. The van der Waals surface area contributed by atoms with Gasteiger partial charge in [-0.1, -0.05) is 12.2 Å². The molecule has 20 heavy (non-hydrogen) atoms. The average Bonchev–Trinajstić information content (AvgIpc) is 2.43. The van der Waals surface area contributed by atoms with Crippen molar-refractivity contribution in [3.8, 4) is 23.0 Å². The van der Waals surface area contributed by atoms with Crippen molar-refractivity contribution >= 4 is 12.2 Å². The number of hydrogen-bond donors (Lipinski definition) is 2. The van der Waals surface area contributed by atoms with Crippen LogP contribution in [0, 0.1) is 0 Å². The molecule has 0 aromatic heterocycles. The SMILES string of the molecule is COc1cc(C=Cc2cc(O)cc(O)c2)cc(OC)c1. The zero-order valence-electron chi connectivity index (χ0n) is 11.3. The van der Waals surface area contributed by atoms with Gasteiger partial charge in [0.15, 0.2) is 0 Å². The maximum Gasteiger partial charge on any atom is 0.123 e. The lowest BCUT2D eigenvalue weighted by Crippen LogP contribution is -1.88. The molecule has 0 aliphatic rings. The number of phenols is 2. The van der Waals surface area contributed by atoms with Crippen LogP contribution in [0.2, 0.25) is 0 Å². The molecule has 0 aliphatic heterocycles. The molecule has 2 aromatic rings. The van der Waals surface area contributed by atoms with Crippen molar-refractivity contribution in [2.75, 3.05) is 14.2 Å². The third-order valence-corrected chi connectivity index (χ3v) is 2.77. The van der Waals surface area contributed by atoms with Gasteiger partial charge in [0.25, 0.3) is 0 Å². The summed E-state index contributed by atoms with van der Waals surface area (Å²) in [5, 5.41) is 18.8. The minimum Gasteiger partial charge on any atom is -0.508 e. The highest BCUT2D eigenvalue weighted by atomic mass is 16.5. The van der Waals surface area contributed by atoms with Crippen LogP contribution in [0.1, 0.15) is 11.1 Å². The van der Waals surface area contributed by atoms with Gasteiger partial charge in [-0.25, -0.2) is 0 Å². The summed E-state index contributed by atoms with van der Waals surface area (Å²) in [7, 11) is 3.19. The standard InChI is InChI=1S/C16H16O4/c1-19-15-7-12(8-16(10-15)20-2)4-3-11-5-13(17)9-14(18)6-11/h3-10,17-18H,1-2H3. The van der Waals surface area contributed by atoms with Crippen molar-refractivity contribution in [1.82, 2.24) is 0 Å². The highest BCUT2D eigenvalue weighted by Crippen LogP contribution is 2.25. The first-order chi connectivity index (χ1) is 9.60. The van der Waals surface area contributed by atoms with Gasteiger partial charge in [0, 0.05) is 12.1 Å². The van der Waals surface area contributed by atoms with Gasteiger partial charge in [-0.15, -0.1) is 0 Å². The molecule has 4 heteroatoms. The molecule has 2 N–H and O–H groups in total. The molecule has 0 heterocycles. The summed E-state index contributed by atoms with van der Waals surface area (Å²) in [6, 6.07) is 9.92. The Morgan fingerprint density at radius 2 is 1.15 bits per heavy atom. The van der Waals surface area contributed by atoms with Crippen molar-refractivity contribution in [3.63, 3.8) is 0 Å². The van der Waals surface area contributed by atoms with E-state index >= 15 is 0 Å². The van der Waals surface area contributed by atoms with Crippen molar-refractivity contribution in [2.24, 2.45) is 0 Å². The topological polar surface area (TPSA) is 58.9 Å². The highest BCUT2D eigenvalue weighted by Gasteiger charge is 2.00. The van der Waals surface area contributed by atoms with E-state index in [1.54, 1.807) is 38.5 Å². The van der Waals surface area contributed by atoms with Crippen LogP contribution in [-0.2, 0) is 0 Å². The molecule has 2 aromatic carbocycles. The van der Waals surface area contributed by atoms with E-state index in [0.29, 0.717) is 17.1 Å². The van der Waals surface area contributed by atoms with Gasteiger partial charge in [0.1, 0.15) is 23.0 Å². The van der Waals surface area contributed by atoms with Crippen LogP contribution in [-0.4, -0.2) is 24.4 Å². The second-order valence-electron chi connectivity index (χ2n) is 4.26. The van der Waals surface area contributed by atoms with E-state index in [1.165, 1.54) is 6.07 Å². The van der Waals surface area contributed by atoms with Crippen LogP contribution in [0.5, 0.6) is 23.0 Å². The highest BCUT2D eigenvalue weighted by molar-refractivity contribution is 5.72. The van der Waals surface area contributed by atoms with Crippen LogP contribution in [0.4, 0.5) is 0 Å². The number of methoxy groups -OCH3 is 2. The van der Waals surface area contributed by atoms with Crippen molar-refractivity contribution in [3.05, 3.63) is 47.5 Å². The average molecular weight is 272 g/mol. The van der Waals surface area contributed by atoms with Gasteiger partial charge in [-0.3, -0.25) is 0 Å². The van der Waals surface area contributed by atoms with Crippen molar-refractivity contribution in [2.45, 2.75) is 0 Å². The minimum atomic E-state index is 0.0212. The van der Waals surface area contributed by atoms with Crippen molar-refractivity contribution < 1.29 is 19.7 Å². The van der Waals surface area contributed by atoms with Crippen LogP contribution < -0.4 is 9.47 Å². The molecule has 0 unspecified atom stereocenters. The number of phenolic OH excluding ortho intramolecular Hbond substituents is 2. The molecule has 4 nitrogen and oxygen atoms in total. The van der Waals surface area contributed by atoms with E-state index in [-0.39, 0.29) is 11.5 Å². The predicted molar refractivity (Wildman–Crippen MR) is 78.2 cm³/mol. The van der Waals surface area contributed by atoms with Crippen LogP contribution in [0.3, 0.4) is 0 Å². The van der Waals surface area contributed by atoms with Crippen molar-refractivity contribution in [1.29, 1.82) is 0 Å². The largest absolute Gasteiger partial charge is 0.508 e. The fourth-order valence-corrected chi connectivity index (χ4v) is 1.83. The monoisotopic (exact) mass is 272 g/mol. The molecule has 0 bridgehead atoms. The van der Waals surface area contributed by atoms with Gasteiger partial charge in [-0.2, -0.15) is 0 Å². The Hall–Kier alpha value is -2.62. The quantitative estimate of drug-likeness (QED) is 0.838. The van der Waals surface area contributed by atoms with Gasteiger partial charge in [0.05, 0.1) is 14.2 Å². The lowest BCUT2D eigenvalue weighted by Gasteiger charge is -2.06. The van der Waals surface area contributed by atoms with Gasteiger partial charge in [-0.05, 0) is 35.4 Å². The maximum atomic E-state index is 9.42. The lowest BCUT2D eigenvalue weighted by atomic mass is 10.1. The van der Waals surface area contributed by atoms with E-state index in [0.717, 1.165) is 5.56 Å². The zero-order valence-corrected chi connectivity index (χ0v) is 11.3. The molecule has 0 aliphatic carbocycles. The number of aromatic hydroxyl groups is 2. The fourth-order valence-electron chi connectivity index (χ4n) is 1.83. The zero-order chi connectivity index (χ0) is 14.5. The molecule has 0 atom stereocenters. The first-order valence-electron chi connectivity index (χ1n) is 6.05. The van der Waals surface area contributed by atoms with Crippen LogP contribution in [0.25, 0.3) is 12.2 Å². The summed E-state index contributed by atoms with van der Waals surface area (Å²) in [5.41, 5.74) is 1.59. The van der Waals surface area contributed by atoms with E-state index in [2.05, 4.69) is 0 Å². The van der Waals surface area contributed by atoms with Crippen LogP contribution in [0.15, 0.2) is 36.4 Å². The molecule has 0 amide bonds. The molecule has 0 fully saturated rings. The van der Waals surface area contributed by atoms with Gasteiger partial charge in [0.2, 0.25) is 0 Å². The Balaban J connectivity index is 2.30. The van der Waals surface area contributed by atoms with Crippen LogP contribution >= 0.6 is 0 Å². The Bertz CT molecular complexity index is 590.